The Morgan fingerprint density at radius 1 is 1.56 bits per heavy atom. The molecule has 1 aliphatic rings. The first-order valence-electron chi connectivity index (χ1n) is 4.45. The highest BCUT2D eigenvalue weighted by Crippen LogP contribution is 2.28. The largest absolute Gasteiger partial charge is 0.447 e. The molecule has 84 valence electrons. The van der Waals surface area contributed by atoms with E-state index in [0.717, 1.165) is 18.2 Å². The first-order chi connectivity index (χ1) is 7.58. The van der Waals surface area contributed by atoms with Gasteiger partial charge in [0.2, 0.25) is 0 Å². The maximum atomic E-state index is 13.0. The molecule has 1 fully saturated rings. The topological polar surface area (TPSA) is 81.5 Å². The van der Waals surface area contributed by atoms with Crippen LogP contribution in [0, 0.1) is 15.9 Å². The summed E-state index contributed by atoms with van der Waals surface area (Å²) in [6, 6.07) is 2.41. The monoisotopic (exact) mass is 226 g/mol. The van der Waals surface area contributed by atoms with Crippen LogP contribution in [0.3, 0.4) is 0 Å². The molecule has 0 bridgehead atoms. The van der Waals surface area contributed by atoms with Gasteiger partial charge in [0, 0.05) is 6.07 Å². The summed E-state index contributed by atoms with van der Waals surface area (Å²) in [6.45, 7) is -0.0386. The van der Waals surface area contributed by atoms with Gasteiger partial charge in [0.1, 0.15) is 12.4 Å². The third-order valence-electron chi connectivity index (χ3n) is 2.23. The summed E-state index contributed by atoms with van der Waals surface area (Å²) >= 11 is 0. The molecule has 7 heteroatoms. The number of benzene rings is 1. The van der Waals surface area contributed by atoms with Crippen LogP contribution in [0.5, 0.6) is 0 Å². The summed E-state index contributed by atoms with van der Waals surface area (Å²) in [7, 11) is 0. The van der Waals surface area contributed by atoms with Crippen molar-refractivity contribution in [2.75, 3.05) is 6.61 Å². The van der Waals surface area contributed by atoms with Crippen LogP contribution in [0.4, 0.5) is 14.9 Å². The number of nitro groups is 1. The van der Waals surface area contributed by atoms with Crippen LogP contribution in [0.25, 0.3) is 0 Å². The van der Waals surface area contributed by atoms with Crippen LogP contribution in [0.1, 0.15) is 11.6 Å². The van der Waals surface area contributed by atoms with Gasteiger partial charge in [-0.3, -0.25) is 10.1 Å². The second-order valence-corrected chi connectivity index (χ2v) is 3.26. The van der Waals surface area contributed by atoms with Crippen molar-refractivity contribution in [3.63, 3.8) is 0 Å². The van der Waals surface area contributed by atoms with E-state index in [9.17, 15) is 19.3 Å². The molecule has 6 nitrogen and oxygen atoms in total. The summed E-state index contributed by atoms with van der Waals surface area (Å²) < 4.78 is 17.6. The smallest absolute Gasteiger partial charge is 0.407 e. The fourth-order valence-corrected chi connectivity index (χ4v) is 1.52. The predicted octanol–water partition coefficient (Wildman–Crippen LogP) is 1.51. The number of carbonyl (C=O) groups excluding carboxylic acids is 1. The molecule has 1 atom stereocenters. The molecule has 0 radical (unpaired) electrons. The van der Waals surface area contributed by atoms with E-state index < -0.39 is 22.9 Å². The summed E-state index contributed by atoms with van der Waals surface area (Å²) in [5.41, 5.74) is -0.131. The third-order valence-corrected chi connectivity index (χ3v) is 2.23. The summed E-state index contributed by atoms with van der Waals surface area (Å²) in [5, 5.41) is 13.1. The zero-order valence-corrected chi connectivity index (χ0v) is 7.97. The minimum Gasteiger partial charge on any atom is -0.447 e. The van der Waals surface area contributed by atoms with Gasteiger partial charge in [-0.05, 0) is 12.1 Å². The van der Waals surface area contributed by atoms with Crippen molar-refractivity contribution >= 4 is 11.8 Å². The quantitative estimate of drug-likeness (QED) is 0.612. The van der Waals surface area contributed by atoms with Crippen molar-refractivity contribution in [2.45, 2.75) is 6.04 Å². The van der Waals surface area contributed by atoms with Crippen LogP contribution >= 0.6 is 0 Å². The van der Waals surface area contributed by atoms with Crippen molar-refractivity contribution in [3.05, 3.63) is 39.7 Å². The van der Waals surface area contributed by atoms with Crippen molar-refractivity contribution < 1.29 is 18.8 Å². The number of carbonyl (C=O) groups is 1. The van der Waals surface area contributed by atoms with E-state index in [1.165, 1.54) is 0 Å². The number of nitrogens with one attached hydrogen (secondary N) is 1. The van der Waals surface area contributed by atoms with Crippen molar-refractivity contribution in [3.8, 4) is 0 Å². The van der Waals surface area contributed by atoms with E-state index in [4.69, 9.17) is 0 Å². The summed E-state index contributed by atoms with van der Waals surface area (Å²) in [5.74, 6) is -0.596. The lowest BCUT2D eigenvalue weighted by Gasteiger charge is -2.07. The minimum absolute atomic E-state index is 0.0386. The summed E-state index contributed by atoms with van der Waals surface area (Å²) in [4.78, 5) is 20.9. The van der Waals surface area contributed by atoms with Gasteiger partial charge >= 0.3 is 6.09 Å². The number of halogens is 1. The first kappa shape index (κ1) is 10.3. The van der Waals surface area contributed by atoms with Crippen LogP contribution in [0.15, 0.2) is 18.2 Å². The SMILES string of the molecule is O=C1N[C@@H](c2cc(F)ccc2[N+](=O)[O-])CO1. The van der Waals surface area contributed by atoms with Crippen LogP contribution in [-0.4, -0.2) is 17.6 Å². The highest BCUT2D eigenvalue weighted by Gasteiger charge is 2.30. The number of hydrogen-bond donors (Lipinski definition) is 1. The molecule has 0 saturated carbocycles. The Morgan fingerprint density at radius 3 is 2.88 bits per heavy atom. The van der Waals surface area contributed by atoms with Gasteiger partial charge in [0.15, 0.2) is 0 Å². The van der Waals surface area contributed by atoms with Crippen molar-refractivity contribution in [1.29, 1.82) is 0 Å². The lowest BCUT2D eigenvalue weighted by atomic mass is 10.1. The Hall–Kier alpha value is -2.18. The third kappa shape index (κ3) is 1.79. The van der Waals surface area contributed by atoms with Crippen molar-refractivity contribution in [1.82, 2.24) is 5.32 Å². The molecular weight excluding hydrogens is 219 g/mol. The van der Waals surface area contributed by atoms with E-state index >= 15 is 0 Å². The van der Waals surface area contributed by atoms with E-state index in [1.54, 1.807) is 0 Å². The maximum absolute atomic E-state index is 13.0. The van der Waals surface area contributed by atoms with Crippen molar-refractivity contribution in [2.24, 2.45) is 0 Å². The zero-order valence-electron chi connectivity index (χ0n) is 7.97. The Labute approximate surface area is 89.2 Å². The molecule has 2 rings (SSSR count). The number of alkyl carbamates (subject to hydrolysis) is 1. The fourth-order valence-electron chi connectivity index (χ4n) is 1.52. The van der Waals surface area contributed by atoms with E-state index in [1.807, 2.05) is 0 Å². The number of rotatable bonds is 2. The van der Waals surface area contributed by atoms with E-state index in [0.29, 0.717) is 0 Å². The molecule has 1 aliphatic heterocycles. The molecule has 1 amide bonds. The molecule has 0 aromatic heterocycles. The lowest BCUT2D eigenvalue weighted by molar-refractivity contribution is -0.385. The molecule has 1 aromatic carbocycles. The standard InChI is InChI=1S/C9H7FN2O4/c10-5-1-2-8(12(14)15)6(3-5)7-4-16-9(13)11-7/h1-3,7H,4H2,(H,11,13)/t7-/m1/s1. The Morgan fingerprint density at radius 2 is 2.31 bits per heavy atom. The second-order valence-electron chi connectivity index (χ2n) is 3.26. The minimum atomic E-state index is -0.677. The number of nitrogens with zero attached hydrogens (tertiary/aromatic N) is 1. The fraction of sp³-hybridized carbons (Fsp3) is 0.222. The molecule has 16 heavy (non-hydrogen) atoms. The van der Waals surface area contributed by atoms with E-state index in [2.05, 4.69) is 10.1 Å². The highest BCUT2D eigenvalue weighted by atomic mass is 19.1. The molecule has 1 N–H and O–H groups in total. The maximum Gasteiger partial charge on any atom is 0.407 e. The van der Waals surface area contributed by atoms with Crippen LogP contribution in [-0.2, 0) is 4.74 Å². The van der Waals surface area contributed by atoms with Crippen LogP contribution in [0.2, 0.25) is 0 Å². The molecule has 0 spiro atoms. The lowest BCUT2D eigenvalue weighted by Crippen LogP contribution is -2.19. The van der Waals surface area contributed by atoms with E-state index in [-0.39, 0.29) is 17.9 Å². The normalized spacial score (nSPS) is 19.1. The molecule has 1 heterocycles. The average molecular weight is 226 g/mol. The molecular formula is C9H7FN2O4. The number of cyclic esters (lactones) is 1. The average Bonchev–Trinajstić information content (AvgIpc) is 2.64. The van der Waals surface area contributed by atoms with Gasteiger partial charge < -0.3 is 10.1 Å². The van der Waals surface area contributed by atoms with Gasteiger partial charge in [-0.15, -0.1) is 0 Å². The van der Waals surface area contributed by atoms with Crippen LogP contribution < -0.4 is 5.32 Å². The second kappa shape index (κ2) is 3.76. The van der Waals surface area contributed by atoms with Gasteiger partial charge in [-0.25, -0.2) is 9.18 Å². The first-order valence-corrected chi connectivity index (χ1v) is 4.45. The molecule has 1 aromatic rings. The number of ether oxygens (including phenoxy) is 1. The van der Waals surface area contributed by atoms with Gasteiger partial charge in [0.25, 0.3) is 5.69 Å². The number of hydrogen-bond acceptors (Lipinski definition) is 4. The molecule has 0 unspecified atom stereocenters. The Kier molecular flexibility index (Phi) is 2.43. The van der Waals surface area contributed by atoms with Gasteiger partial charge in [-0.1, -0.05) is 0 Å². The highest BCUT2D eigenvalue weighted by molar-refractivity contribution is 5.70. The van der Waals surface area contributed by atoms with Gasteiger partial charge in [0.05, 0.1) is 16.5 Å². The summed E-state index contributed by atoms with van der Waals surface area (Å²) in [6.07, 6.45) is -0.663. The molecule has 0 aliphatic carbocycles. The Balaban J connectivity index is 2.41. The molecule has 1 saturated heterocycles. The van der Waals surface area contributed by atoms with Gasteiger partial charge in [-0.2, -0.15) is 0 Å². The number of amides is 1. The predicted molar refractivity (Wildman–Crippen MR) is 50.3 cm³/mol. The number of nitro benzene ring substituents is 1. The Bertz CT molecular complexity index is 463. The zero-order chi connectivity index (χ0) is 11.7.